The third-order valence-electron chi connectivity index (χ3n) is 3.93. The Kier molecular flexibility index (Phi) is 5.73. The highest BCUT2D eigenvalue weighted by Gasteiger charge is 2.17. The van der Waals surface area contributed by atoms with E-state index >= 15 is 0 Å². The standard InChI is InChI=1S/C17H23N7O/c1-2-25-15-5-3-4-13(23-15)11-20-16-14(10-18)17(22-12-21-16)24-8-6-19-7-9-24/h3-5,10,12,18-19H,2,6-9,11H2,1H3,(H,20,21,22). The minimum atomic E-state index is 0.500. The Labute approximate surface area is 147 Å². The van der Waals surface area contributed by atoms with Gasteiger partial charge in [0.25, 0.3) is 0 Å². The third kappa shape index (κ3) is 4.21. The molecule has 1 fully saturated rings. The molecule has 2 aromatic rings. The van der Waals surface area contributed by atoms with Gasteiger partial charge in [0.05, 0.1) is 24.4 Å². The lowest BCUT2D eigenvalue weighted by atomic mass is 10.2. The first kappa shape index (κ1) is 17.1. The van der Waals surface area contributed by atoms with Crippen molar-refractivity contribution >= 4 is 17.9 Å². The molecule has 8 nitrogen and oxygen atoms in total. The van der Waals surface area contributed by atoms with Crippen LogP contribution in [-0.2, 0) is 6.54 Å². The molecule has 0 radical (unpaired) electrons. The Morgan fingerprint density at radius 3 is 2.92 bits per heavy atom. The molecular formula is C17H23N7O. The van der Waals surface area contributed by atoms with Crippen LogP contribution in [0.2, 0.25) is 0 Å². The van der Waals surface area contributed by atoms with Crippen LogP contribution in [0.1, 0.15) is 18.2 Å². The normalized spacial score (nSPS) is 14.2. The van der Waals surface area contributed by atoms with Gasteiger partial charge in [-0.3, -0.25) is 0 Å². The molecule has 0 saturated carbocycles. The minimum Gasteiger partial charge on any atom is -0.478 e. The molecule has 0 unspecified atom stereocenters. The number of nitrogens with zero attached hydrogens (tertiary/aromatic N) is 4. The number of piperazine rings is 1. The number of anilines is 2. The molecule has 8 heteroatoms. The van der Waals surface area contributed by atoms with Crippen LogP contribution in [0.15, 0.2) is 24.5 Å². The molecule has 3 heterocycles. The van der Waals surface area contributed by atoms with E-state index in [4.69, 9.17) is 10.1 Å². The highest BCUT2D eigenvalue weighted by molar-refractivity contribution is 5.90. The Balaban J connectivity index is 1.76. The average Bonchev–Trinajstić information content (AvgIpc) is 2.67. The molecule has 2 aromatic heterocycles. The van der Waals surface area contributed by atoms with Crippen molar-refractivity contribution in [2.75, 3.05) is 43.0 Å². The van der Waals surface area contributed by atoms with E-state index in [0.717, 1.165) is 37.7 Å². The smallest absolute Gasteiger partial charge is 0.213 e. The van der Waals surface area contributed by atoms with Crippen molar-refractivity contribution < 1.29 is 4.74 Å². The Morgan fingerprint density at radius 1 is 1.32 bits per heavy atom. The molecule has 1 saturated heterocycles. The van der Waals surface area contributed by atoms with Gasteiger partial charge >= 0.3 is 0 Å². The highest BCUT2D eigenvalue weighted by atomic mass is 16.5. The van der Waals surface area contributed by atoms with Crippen molar-refractivity contribution in [1.29, 1.82) is 5.41 Å². The van der Waals surface area contributed by atoms with Crippen molar-refractivity contribution in [3.63, 3.8) is 0 Å². The topological polar surface area (TPSA) is 99.0 Å². The van der Waals surface area contributed by atoms with E-state index in [0.29, 0.717) is 30.4 Å². The summed E-state index contributed by atoms with van der Waals surface area (Å²) >= 11 is 0. The van der Waals surface area contributed by atoms with Crippen LogP contribution in [0.4, 0.5) is 11.6 Å². The number of aromatic nitrogens is 3. The first-order chi connectivity index (χ1) is 12.3. The van der Waals surface area contributed by atoms with Gasteiger partial charge in [0.15, 0.2) is 0 Å². The third-order valence-corrected chi connectivity index (χ3v) is 3.93. The Morgan fingerprint density at radius 2 is 2.16 bits per heavy atom. The number of hydrogen-bond donors (Lipinski definition) is 3. The lowest BCUT2D eigenvalue weighted by Crippen LogP contribution is -2.44. The molecule has 0 spiro atoms. The number of pyridine rings is 1. The monoisotopic (exact) mass is 341 g/mol. The van der Waals surface area contributed by atoms with Crippen molar-refractivity contribution in [2.45, 2.75) is 13.5 Å². The maximum absolute atomic E-state index is 7.79. The summed E-state index contributed by atoms with van der Waals surface area (Å²) in [5.74, 6) is 2.05. The fraction of sp³-hybridized carbons (Fsp3) is 0.412. The van der Waals surface area contributed by atoms with Crippen LogP contribution in [0.5, 0.6) is 5.88 Å². The van der Waals surface area contributed by atoms with Gasteiger partial charge in [-0.15, -0.1) is 0 Å². The van der Waals surface area contributed by atoms with Crippen LogP contribution in [0, 0.1) is 5.41 Å². The Hall–Kier alpha value is -2.74. The second kappa shape index (κ2) is 8.39. The summed E-state index contributed by atoms with van der Waals surface area (Å²) in [5.41, 5.74) is 1.55. The maximum atomic E-state index is 7.79. The van der Waals surface area contributed by atoms with Gasteiger partial charge in [-0.1, -0.05) is 6.07 Å². The summed E-state index contributed by atoms with van der Waals surface area (Å²) in [5, 5.41) is 14.4. The van der Waals surface area contributed by atoms with E-state index in [1.54, 1.807) is 0 Å². The molecule has 0 atom stereocenters. The van der Waals surface area contributed by atoms with Gasteiger partial charge in [0, 0.05) is 38.5 Å². The van der Waals surface area contributed by atoms with E-state index < -0.39 is 0 Å². The maximum Gasteiger partial charge on any atom is 0.213 e. The fourth-order valence-electron chi connectivity index (χ4n) is 2.75. The van der Waals surface area contributed by atoms with Crippen LogP contribution in [-0.4, -0.2) is 54.0 Å². The summed E-state index contributed by atoms with van der Waals surface area (Å²) in [4.78, 5) is 15.3. The zero-order valence-corrected chi connectivity index (χ0v) is 14.3. The van der Waals surface area contributed by atoms with E-state index in [1.807, 2.05) is 25.1 Å². The first-order valence-corrected chi connectivity index (χ1v) is 8.45. The summed E-state index contributed by atoms with van der Waals surface area (Å²) < 4.78 is 5.43. The predicted molar refractivity (Wildman–Crippen MR) is 97.7 cm³/mol. The second-order valence-electron chi connectivity index (χ2n) is 5.59. The first-order valence-electron chi connectivity index (χ1n) is 8.45. The summed E-state index contributed by atoms with van der Waals surface area (Å²) in [6.45, 7) is 6.59. The van der Waals surface area contributed by atoms with Gasteiger partial charge < -0.3 is 25.7 Å². The SMILES string of the molecule is CCOc1cccc(CNc2ncnc(N3CCNCC3)c2C=N)n1. The molecular weight excluding hydrogens is 318 g/mol. The molecule has 0 bridgehead atoms. The quantitative estimate of drug-likeness (QED) is 0.653. The van der Waals surface area contributed by atoms with Gasteiger partial charge in [-0.25, -0.2) is 15.0 Å². The molecule has 0 aliphatic carbocycles. The number of hydrogen-bond acceptors (Lipinski definition) is 8. The number of nitrogens with one attached hydrogen (secondary N) is 3. The number of ether oxygens (including phenoxy) is 1. The largest absolute Gasteiger partial charge is 0.478 e. The lowest BCUT2D eigenvalue weighted by molar-refractivity contribution is 0.326. The zero-order valence-electron chi connectivity index (χ0n) is 14.3. The molecule has 1 aliphatic heterocycles. The molecule has 3 N–H and O–H groups in total. The zero-order chi connectivity index (χ0) is 17.5. The molecule has 25 heavy (non-hydrogen) atoms. The fourth-order valence-corrected chi connectivity index (χ4v) is 2.75. The lowest BCUT2D eigenvalue weighted by Gasteiger charge is -2.29. The highest BCUT2D eigenvalue weighted by Crippen LogP contribution is 2.22. The Bertz CT molecular complexity index is 716. The van der Waals surface area contributed by atoms with Crippen molar-refractivity contribution in [3.05, 3.63) is 35.8 Å². The van der Waals surface area contributed by atoms with Gasteiger partial charge in [-0.05, 0) is 13.0 Å². The molecule has 3 rings (SSSR count). The van der Waals surface area contributed by atoms with Crippen molar-refractivity contribution in [3.8, 4) is 5.88 Å². The second-order valence-corrected chi connectivity index (χ2v) is 5.59. The molecule has 0 amide bonds. The van der Waals surface area contributed by atoms with Gasteiger partial charge in [-0.2, -0.15) is 0 Å². The van der Waals surface area contributed by atoms with Gasteiger partial charge in [0.2, 0.25) is 5.88 Å². The van der Waals surface area contributed by atoms with Crippen molar-refractivity contribution in [1.82, 2.24) is 20.3 Å². The van der Waals surface area contributed by atoms with Gasteiger partial charge in [0.1, 0.15) is 18.0 Å². The minimum absolute atomic E-state index is 0.500. The van der Waals surface area contributed by atoms with E-state index in [1.165, 1.54) is 12.5 Å². The van der Waals surface area contributed by atoms with Crippen LogP contribution < -0.4 is 20.3 Å². The van der Waals surface area contributed by atoms with Crippen LogP contribution in [0.25, 0.3) is 0 Å². The summed E-state index contributed by atoms with van der Waals surface area (Å²) in [6.07, 6.45) is 2.85. The summed E-state index contributed by atoms with van der Waals surface area (Å²) in [7, 11) is 0. The summed E-state index contributed by atoms with van der Waals surface area (Å²) in [6, 6.07) is 5.68. The van der Waals surface area contributed by atoms with Crippen LogP contribution in [0.3, 0.4) is 0 Å². The predicted octanol–water partition coefficient (Wildman–Crippen LogP) is 1.29. The molecule has 132 valence electrons. The van der Waals surface area contributed by atoms with Crippen LogP contribution >= 0.6 is 0 Å². The molecule has 1 aliphatic rings. The average molecular weight is 341 g/mol. The van der Waals surface area contributed by atoms with E-state index in [2.05, 4.69) is 30.5 Å². The number of rotatable bonds is 7. The van der Waals surface area contributed by atoms with E-state index in [-0.39, 0.29) is 0 Å². The molecule has 0 aromatic carbocycles. The van der Waals surface area contributed by atoms with Crippen molar-refractivity contribution in [2.24, 2.45) is 0 Å². The van der Waals surface area contributed by atoms with E-state index in [9.17, 15) is 0 Å².